The second-order valence-corrected chi connectivity index (χ2v) is 3.52. The molecule has 0 spiro atoms. The lowest BCUT2D eigenvalue weighted by Crippen LogP contribution is -2.11. The molecule has 1 atom stereocenters. The first-order chi connectivity index (χ1) is 5.70. The van der Waals surface area contributed by atoms with Crippen LogP contribution in [0.25, 0.3) is 0 Å². The topological polar surface area (TPSA) is 63.1 Å². The summed E-state index contributed by atoms with van der Waals surface area (Å²) < 4.78 is 0. The maximum Gasteiger partial charge on any atom is 0.316 e. The summed E-state index contributed by atoms with van der Waals surface area (Å²) in [4.78, 5) is 10.4. The van der Waals surface area contributed by atoms with Gasteiger partial charge in [-0.05, 0) is 19.1 Å². The summed E-state index contributed by atoms with van der Waals surface area (Å²) in [6.07, 6.45) is 1.55. The van der Waals surface area contributed by atoms with E-state index in [9.17, 15) is 4.79 Å². The first kappa shape index (κ1) is 8.99. The number of rotatable bonds is 3. The van der Waals surface area contributed by atoms with Crippen molar-refractivity contribution in [3.8, 4) is 0 Å². The number of carbonyl (C=O) groups is 1. The normalized spacial score (nSPS) is 12.4. The van der Waals surface area contributed by atoms with E-state index in [2.05, 4.69) is 10.2 Å². The third kappa shape index (κ3) is 2.50. The molecule has 0 aliphatic heterocycles. The molecule has 0 radical (unpaired) electrons. The molecular formula is C7H8N2O2S. The number of aromatic nitrogens is 2. The van der Waals surface area contributed by atoms with Crippen LogP contribution in [0.2, 0.25) is 0 Å². The molecule has 1 aromatic heterocycles. The van der Waals surface area contributed by atoms with Crippen LogP contribution < -0.4 is 0 Å². The van der Waals surface area contributed by atoms with Gasteiger partial charge in [-0.2, -0.15) is 5.10 Å². The van der Waals surface area contributed by atoms with Crippen molar-refractivity contribution in [2.45, 2.75) is 17.2 Å². The fourth-order valence-corrected chi connectivity index (χ4v) is 1.30. The number of carboxylic acid groups (broad SMARTS) is 1. The molecule has 0 saturated heterocycles. The standard InChI is InChI=1S/C7H8N2O2S/c1-5(7(10)11)12-6-3-2-4-8-9-6/h2-5H,1H3,(H,10,11). The summed E-state index contributed by atoms with van der Waals surface area (Å²) in [7, 11) is 0. The lowest BCUT2D eigenvalue weighted by Gasteiger charge is -2.02. The lowest BCUT2D eigenvalue weighted by molar-refractivity contribution is -0.136. The van der Waals surface area contributed by atoms with Crippen LogP contribution in [0.5, 0.6) is 0 Å². The third-order valence-electron chi connectivity index (χ3n) is 1.19. The van der Waals surface area contributed by atoms with Gasteiger partial charge in [-0.3, -0.25) is 4.79 Å². The fourth-order valence-electron chi connectivity index (χ4n) is 0.582. The Bertz CT molecular complexity index is 265. The maximum absolute atomic E-state index is 10.4. The van der Waals surface area contributed by atoms with Gasteiger partial charge in [0.05, 0.1) is 0 Å². The predicted octanol–water partition coefficient (Wildman–Crippen LogP) is 1.04. The van der Waals surface area contributed by atoms with Gasteiger partial charge in [-0.15, -0.1) is 5.10 Å². The van der Waals surface area contributed by atoms with Crippen LogP contribution in [-0.2, 0) is 4.79 Å². The van der Waals surface area contributed by atoms with Crippen molar-refractivity contribution < 1.29 is 9.90 Å². The van der Waals surface area contributed by atoms with E-state index in [0.29, 0.717) is 5.03 Å². The van der Waals surface area contributed by atoms with Gasteiger partial charge in [-0.25, -0.2) is 0 Å². The first-order valence-electron chi connectivity index (χ1n) is 3.37. The molecule has 0 aliphatic rings. The van der Waals surface area contributed by atoms with Crippen LogP contribution in [0, 0.1) is 0 Å². The minimum atomic E-state index is -0.842. The van der Waals surface area contributed by atoms with Crippen molar-refractivity contribution in [3.63, 3.8) is 0 Å². The molecule has 1 aromatic rings. The molecule has 5 heteroatoms. The van der Waals surface area contributed by atoms with Crippen LogP contribution in [0.1, 0.15) is 6.92 Å². The Kier molecular flexibility index (Phi) is 3.04. The van der Waals surface area contributed by atoms with Gasteiger partial charge in [-0.1, -0.05) is 11.8 Å². The molecule has 0 aromatic carbocycles. The van der Waals surface area contributed by atoms with E-state index in [4.69, 9.17) is 5.11 Å². The number of carboxylic acids is 1. The van der Waals surface area contributed by atoms with Crippen molar-refractivity contribution in [2.75, 3.05) is 0 Å². The Labute approximate surface area is 74.0 Å². The van der Waals surface area contributed by atoms with Gasteiger partial charge >= 0.3 is 5.97 Å². The Balaban J connectivity index is 2.58. The molecule has 1 N–H and O–H groups in total. The summed E-state index contributed by atoms with van der Waals surface area (Å²) in [6, 6.07) is 3.46. The van der Waals surface area contributed by atoms with Crippen molar-refractivity contribution in [2.24, 2.45) is 0 Å². The molecule has 0 saturated carbocycles. The molecule has 1 heterocycles. The average molecular weight is 184 g/mol. The number of nitrogens with zero attached hydrogens (tertiary/aromatic N) is 2. The fraction of sp³-hybridized carbons (Fsp3) is 0.286. The molecule has 1 unspecified atom stereocenters. The number of aliphatic carboxylic acids is 1. The number of hydrogen-bond donors (Lipinski definition) is 1. The summed E-state index contributed by atoms with van der Waals surface area (Å²) in [6.45, 7) is 1.61. The zero-order valence-corrected chi connectivity index (χ0v) is 7.28. The van der Waals surface area contributed by atoms with Crippen LogP contribution in [0.3, 0.4) is 0 Å². The van der Waals surface area contributed by atoms with Crippen LogP contribution in [-0.4, -0.2) is 26.5 Å². The highest BCUT2D eigenvalue weighted by Gasteiger charge is 2.12. The lowest BCUT2D eigenvalue weighted by atomic mass is 10.5. The van der Waals surface area contributed by atoms with Gasteiger partial charge in [0, 0.05) is 6.20 Å². The summed E-state index contributed by atoms with van der Waals surface area (Å²) in [5, 5.41) is 16.1. The minimum absolute atomic E-state index is 0.485. The molecule has 4 nitrogen and oxygen atoms in total. The molecule has 0 bridgehead atoms. The average Bonchev–Trinajstić information content (AvgIpc) is 2.06. The largest absolute Gasteiger partial charge is 0.480 e. The Morgan fingerprint density at radius 2 is 2.50 bits per heavy atom. The predicted molar refractivity (Wildman–Crippen MR) is 45.0 cm³/mol. The van der Waals surface area contributed by atoms with E-state index in [1.54, 1.807) is 25.3 Å². The highest BCUT2D eigenvalue weighted by molar-refractivity contribution is 8.00. The van der Waals surface area contributed by atoms with E-state index in [-0.39, 0.29) is 0 Å². The van der Waals surface area contributed by atoms with Crippen molar-refractivity contribution in [3.05, 3.63) is 18.3 Å². The Hall–Kier alpha value is -1.10. The highest BCUT2D eigenvalue weighted by atomic mass is 32.2. The molecule has 0 amide bonds. The second kappa shape index (κ2) is 4.06. The zero-order valence-electron chi connectivity index (χ0n) is 6.47. The Morgan fingerprint density at radius 1 is 1.75 bits per heavy atom. The summed E-state index contributed by atoms with van der Waals surface area (Å²) in [5.41, 5.74) is 0. The second-order valence-electron chi connectivity index (χ2n) is 2.16. The summed E-state index contributed by atoms with van der Waals surface area (Å²) in [5.74, 6) is -0.842. The van der Waals surface area contributed by atoms with E-state index in [1.807, 2.05) is 0 Å². The third-order valence-corrected chi connectivity index (χ3v) is 2.21. The molecular weight excluding hydrogens is 176 g/mol. The van der Waals surface area contributed by atoms with Gasteiger partial charge in [0.25, 0.3) is 0 Å². The highest BCUT2D eigenvalue weighted by Crippen LogP contribution is 2.19. The van der Waals surface area contributed by atoms with E-state index in [1.165, 1.54) is 11.8 Å². The van der Waals surface area contributed by atoms with Crippen molar-refractivity contribution in [1.82, 2.24) is 10.2 Å². The van der Waals surface area contributed by atoms with Crippen LogP contribution in [0.4, 0.5) is 0 Å². The van der Waals surface area contributed by atoms with Gasteiger partial charge < -0.3 is 5.11 Å². The van der Waals surface area contributed by atoms with Gasteiger partial charge in [0.1, 0.15) is 10.3 Å². The minimum Gasteiger partial charge on any atom is -0.480 e. The van der Waals surface area contributed by atoms with Crippen LogP contribution >= 0.6 is 11.8 Å². The number of hydrogen-bond acceptors (Lipinski definition) is 4. The monoisotopic (exact) mass is 184 g/mol. The molecule has 0 fully saturated rings. The van der Waals surface area contributed by atoms with E-state index in [0.717, 1.165) is 0 Å². The smallest absolute Gasteiger partial charge is 0.316 e. The van der Waals surface area contributed by atoms with Gasteiger partial charge in [0.2, 0.25) is 0 Å². The Morgan fingerprint density at radius 3 is 3.00 bits per heavy atom. The summed E-state index contributed by atoms with van der Waals surface area (Å²) >= 11 is 1.18. The molecule has 12 heavy (non-hydrogen) atoms. The zero-order chi connectivity index (χ0) is 8.97. The van der Waals surface area contributed by atoms with Crippen LogP contribution in [0.15, 0.2) is 23.4 Å². The van der Waals surface area contributed by atoms with E-state index >= 15 is 0 Å². The van der Waals surface area contributed by atoms with Gasteiger partial charge in [0.15, 0.2) is 0 Å². The SMILES string of the molecule is CC(Sc1cccnn1)C(=O)O. The first-order valence-corrected chi connectivity index (χ1v) is 4.25. The molecule has 64 valence electrons. The molecule has 1 rings (SSSR count). The van der Waals surface area contributed by atoms with E-state index < -0.39 is 11.2 Å². The van der Waals surface area contributed by atoms with Crippen molar-refractivity contribution in [1.29, 1.82) is 0 Å². The number of thioether (sulfide) groups is 1. The van der Waals surface area contributed by atoms with Crippen molar-refractivity contribution >= 4 is 17.7 Å². The quantitative estimate of drug-likeness (QED) is 0.711. The molecule has 0 aliphatic carbocycles. The maximum atomic E-state index is 10.4.